The molecule has 4 aromatic rings. The fourth-order valence-electron chi connectivity index (χ4n) is 3.05. The zero-order valence-electron chi connectivity index (χ0n) is 16.7. The van der Waals surface area contributed by atoms with Gasteiger partial charge in [0.2, 0.25) is 5.91 Å². The topological polar surface area (TPSA) is 147 Å². The maximum absolute atomic E-state index is 13.0. The molecule has 0 atom stereocenters. The minimum atomic E-state index is -4.01. The molecule has 0 saturated heterocycles. The van der Waals surface area contributed by atoms with E-state index >= 15 is 0 Å². The predicted octanol–water partition coefficient (Wildman–Crippen LogP) is 2.91. The molecule has 10 heteroatoms. The van der Waals surface area contributed by atoms with E-state index < -0.39 is 15.9 Å². The number of anilines is 3. The molecule has 0 unspecified atom stereocenters. The standard InChI is InChI=1S/C22H19N5O4S/c23-20(29)12-14-8-10-17(11-9-14)32(30,31)27-22-21(24-15-4-3-5-16(28)13-15)25-18-6-1-2-7-19(18)26-22/h1-11,13,28H,12H2,(H2,23,29)(H,24,25)(H,26,27). The van der Waals surface area contributed by atoms with Gasteiger partial charge in [-0.2, -0.15) is 0 Å². The fraction of sp³-hybridized carbons (Fsp3) is 0.0455. The van der Waals surface area contributed by atoms with Gasteiger partial charge in [-0.15, -0.1) is 0 Å². The van der Waals surface area contributed by atoms with Crippen molar-refractivity contribution >= 4 is 44.3 Å². The third kappa shape index (κ3) is 4.76. The van der Waals surface area contributed by atoms with Crippen molar-refractivity contribution < 1.29 is 18.3 Å². The summed E-state index contributed by atoms with van der Waals surface area (Å²) in [5.74, 6) is -0.300. The maximum Gasteiger partial charge on any atom is 0.263 e. The Morgan fingerprint density at radius 3 is 2.19 bits per heavy atom. The molecule has 4 rings (SSSR count). The Hall–Kier alpha value is -4.18. The summed E-state index contributed by atoms with van der Waals surface area (Å²) in [6.07, 6.45) is 0.0158. The lowest BCUT2D eigenvalue weighted by atomic mass is 10.1. The number of para-hydroxylation sites is 2. The van der Waals surface area contributed by atoms with E-state index in [-0.39, 0.29) is 28.7 Å². The second-order valence-corrected chi connectivity index (χ2v) is 8.66. The second kappa shape index (κ2) is 8.52. The first-order chi connectivity index (χ1) is 15.3. The first-order valence-corrected chi connectivity index (χ1v) is 11.0. The third-order valence-corrected chi connectivity index (χ3v) is 5.88. The molecule has 0 saturated carbocycles. The average molecular weight is 449 g/mol. The van der Waals surface area contributed by atoms with Gasteiger partial charge in [0.25, 0.3) is 10.0 Å². The van der Waals surface area contributed by atoms with Gasteiger partial charge in [-0.05, 0) is 42.0 Å². The first kappa shape index (κ1) is 21.1. The molecule has 0 spiro atoms. The number of carbonyl (C=O) groups is 1. The molecule has 0 bridgehead atoms. The van der Waals surface area contributed by atoms with Crippen LogP contribution < -0.4 is 15.8 Å². The number of phenols is 1. The summed E-state index contributed by atoms with van der Waals surface area (Å²) >= 11 is 0. The Labute approximate surface area is 184 Å². The van der Waals surface area contributed by atoms with Crippen molar-refractivity contribution in [2.45, 2.75) is 11.3 Å². The molecule has 0 fully saturated rings. The lowest BCUT2D eigenvalue weighted by molar-refractivity contribution is -0.117. The molecule has 162 valence electrons. The van der Waals surface area contributed by atoms with Crippen LogP contribution in [0.15, 0.2) is 77.7 Å². The lowest BCUT2D eigenvalue weighted by Gasteiger charge is -2.14. The van der Waals surface area contributed by atoms with Gasteiger partial charge >= 0.3 is 0 Å². The molecule has 1 amide bonds. The first-order valence-electron chi connectivity index (χ1n) is 9.53. The van der Waals surface area contributed by atoms with E-state index in [4.69, 9.17) is 5.73 Å². The van der Waals surface area contributed by atoms with Crippen LogP contribution in [0.25, 0.3) is 11.0 Å². The number of rotatable bonds is 7. The molecular formula is C22H19N5O4S. The molecule has 1 heterocycles. The molecule has 0 aliphatic carbocycles. The van der Waals surface area contributed by atoms with Gasteiger partial charge in [0.15, 0.2) is 11.6 Å². The van der Waals surface area contributed by atoms with Gasteiger partial charge in [-0.3, -0.25) is 9.52 Å². The second-order valence-electron chi connectivity index (χ2n) is 6.98. The molecule has 3 aromatic carbocycles. The van der Waals surface area contributed by atoms with E-state index in [1.807, 2.05) is 0 Å². The van der Waals surface area contributed by atoms with Gasteiger partial charge in [0.05, 0.1) is 22.3 Å². The minimum absolute atomic E-state index is 0.00625. The van der Waals surface area contributed by atoms with Crippen molar-refractivity contribution in [1.82, 2.24) is 9.97 Å². The Morgan fingerprint density at radius 1 is 0.906 bits per heavy atom. The number of phenolic OH excluding ortho intramolecular Hbond substituents is 1. The number of benzene rings is 3. The molecule has 5 N–H and O–H groups in total. The number of amides is 1. The number of hydrogen-bond donors (Lipinski definition) is 4. The Balaban J connectivity index is 1.71. The summed E-state index contributed by atoms with van der Waals surface area (Å²) in [6, 6.07) is 19.2. The largest absolute Gasteiger partial charge is 0.508 e. The number of nitrogens with two attached hydrogens (primary N) is 1. The summed E-state index contributed by atoms with van der Waals surface area (Å²) in [4.78, 5) is 20.0. The lowest BCUT2D eigenvalue weighted by Crippen LogP contribution is -2.16. The highest BCUT2D eigenvalue weighted by molar-refractivity contribution is 7.92. The summed E-state index contributed by atoms with van der Waals surface area (Å²) in [7, 11) is -4.01. The smallest absolute Gasteiger partial charge is 0.263 e. The highest BCUT2D eigenvalue weighted by Crippen LogP contribution is 2.28. The normalized spacial score (nSPS) is 11.2. The quantitative estimate of drug-likeness (QED) is 0.339. The molecule has 32 heavy (non-hydrogen) atoms. The number of carbonyl (C=O) groups excluding carboxylic acids is 1. The zero-order chi connectivity index (χ0) is 22.7. The number of primary amides is 1. The van der Waals surface area contributed by atoms with Crippen LogP contribution in [0.4, 0.5) is 17.3 Å². The highest BCUT2D eigenvalue weighted by atomic mass is 32.2. The maximum atomic E-state index is 13.0. The number of fused-ring (bicyclic) bond motifs is 1. The van der Waals surface area contributed by atoms with E-state index in [1.54, 1.807) is 36.4 Å². The number of hydrogen-bond acceptors (Lipinski definition) is 7. The zero-order valence-corrected chi connectivity index (χ0v) is 17.5. The van der Waals surface area contributed by atoms with Crippen LogP contribution in [0.5, 0.6) is 5.75 Å². The number of aromatic nitrogens is 2. The molecule has 0 aliphatic rings. The fourth-order valence-corrected chi connectivity index (χ4v) is 4.06. The highest BCUT2D eigenvalue weighted by Gasteiger charge is 2.19. The van der Waals surface area contributed by atoms with Crippen LogP contribution in [0.1, 0.15) is 5.56 Å². The minimum Gasteiger partial charge on any atom is -0.508 e. The van der Waals surface area contributed by atoms with E-state index in [9.17, 15) is 18.3 Å². The molecule has 1 aromatic heterocycles. The van der Waals surface area contributed by atoms with E-state index in [0.717, 1.165) is 0 Å². The average Bonchev–Trinajstić information content (AvgIpc) is 2.74. The number of sulfonamides is 1. The van der Waals surface area contributed by atoms with Gasteiger partial charge in [-0.1, -0.05) is 30.3 Å². The van der Waals surface area contributed by atoms with Gasteiger partial charge in [0, 0.05) is 11.8 Å². The summed E-state index contributed by atoms with van der Waals surface area (Å²) in [5, 5.41) is 12.7. The number of aromatic hydroxyl groups is 1. The monoisotopic (exact) mass is 449 g/mol. The molecule has 0 radical (unpaired) electrons. The summed E-state index contributed by atoms with van der Waals surface area (Å²) in [6.45, 7) is 0. The van der Waals surface area contributed by atoms with E-state index in [0.29, 0.717) is 22.3 Å². The van der Waals surface area contributed by atoms with Gasteiger partial charge in [0.1, 0.15) is 5.75 Å². The van der Waals surface area contributed by atoms with Crippen LogP contribution in [-0.2, 0) is 21.2 Å². The third-order valence-electron chi connectivity index (χ3n) is 4.52. The van der Waals surface area contributed by atoms with Crippen molar-refractivity contribution in [2.75, 3.05) is 10.0 Å². The van der Waals surface area contributed by atoms with Crippen molar-refractivity contribution in [3.63, 3.8) is 0 Å². The Kier molecular flexibility index (Phi) is 5.61. The van der Waals surface area contributed by atoms with Crippen LogP contribution in [0, 0.1) is 0 Å². The predicted molar refractivity (Wildman–Crippen MR) is 121 cm³/mol. The summed E-state index contributed by atoms with van der Waals surface area (Å²) in [5.41, 5.74) is 7.36. The van der Waals surface area contributed by atoms with Crippen LogP contribution in [-0.4, -0.2) is 29.4 Å². The number of nitrogens with zero attached hydrogens (tertiary/aromatic N) is 2. The Morgan fingerprint density at radius 2 is 1.56 bits per heavy atom. The van der Waals surface area contributed by atoms with Crippen molar-refractivity contribution in [2.24, 2.45) is 5.73 Å². The van der Waals surface area contributed by atoms with Gasteiger partial charge < -0.3 is 16.2 Å². The van der Waals surface area contributed by atoms with Crippen LogP contribution in [0.2, 0.25) is 0 Å². The van der Waals surface area contributed by atoms with Crippen molar-refractivity contribution in [3.8, 4) is 5.75 Å². The number of nitrogens with one attached hydrogen (secondary N) is 2. The molecule has 9 nitrogen and oxygen atoms in total. The SMILES string of the molecule is NC(=O)Cc1ccc(S(=O)(=O)Nc2nc3ccccc3nc2Nc2cccc(O)c2)cc1. The summed E-state index contributed by atoms with van der Waals surface area (Å²) < 4.78 is 28.5. The van der Waals surface area contributed by atoms with Crippen LogP contribution in [0.3, 0.4) is 0 Å². The molecular weight excluding hydrogens is 430 g/mol. The van der Waals surface area contributed by atoms with Crippen molar-refractivity contribution in [1.29, 1.82) is 0 Å². The van der Waals surface area contributed by atoms with E-state index in [1.165, 1.54) is 36.4 Å². The van der Waals surface area contributed by atoms with Crippen LogP contribution >= 0.6 is 0 Å². The molecule has 0 aliphatic heterocycles. The van der Waals surface area contributed by atoms with Crippen molar-refractivity contribution in [3.05, 3.63) is 78.4 Å². The Bertz CT molecular complexity index is 1410. The van der Waals surface area contributed by atoms with E-state index in [2.05, 4.69) is 20.0 Å². The van der Waals surface area contributed by atoms with Gasteiger partial charge in [-0.25, -0.2) is 18.4 Å².